The predicted octanol–water partition coefficient (Wildman–Crippen LogP) is 2.40. The van der Waals surface area contributed by atoms with Gasteiger partial charge in [0.1, 0.15) is 5.60 Å². The lowest BCUT2D eigenvalue weighted by Crippen LogP contribution is -2.52. The second-order valence-corrected chi connectivity index (χ2v) is 5.95. The number of aliphatic hydroxyl groups is 1. The van der Waals surface area contributed by atoms with E-state index in [9.17, 15) is 9.90 Å². The Morgan fingerprint density at radius 3 is 2.53 bits per heavy atom. The molecule has 0 unspecified atom stereocenters. The van der Waals surface area contributed by atoms with Gasteiger partial charge >= 0.3 is 6.09 Å². The molecule has 1 N–H and O–H groups in total. The molecule has 0 radical (unpaired) electrons. The largest absolute Gasteiger partial charge is 0.444 e. The van der Waals surface area contributed by atoms with E-state index in [0.717, 1.165) is 6.42 Å². The average molecular weight is 243 g/mol. The molecule has 1 aliphatic rings. The molecule has 4 nitrogen and oxygen atoms in total. The molecule has 0 spiro atoms. The fourth-order valence-electron chi connectivity index (χ4n) is 2.20. The van der Waals surface area contributed by atoms with Crippen LogP contribution in [-0.2, 0) is 4.74 Å². The van der Waals surface area contributed by atoms with Crippen LogP contribution < -0.4 is 0 Å². The number of ether oxygens (including phenoxy) is 1. The molecule has 4 heteroatoms. The molecule has 0 aliphatic carbocycles. The molecule has 3 atom stereocenters. The zero-order valence-corrected chi connectivity index (χ0v) is 11.6. The summed E-state index contributed by atoms with van der Waals surface area (Å²) in [5.41, 5.74) is -0.464. The Morgan fingerprint density at radius 1 is 1.47 bits per heavy atom. The Hall–Kier alpha value is -0.770. The summed E-state index contributed by atoms with van der Waals surface area (Å²) < 4.78 is 5.38. The van der Waals surface area contributed by atoms with Crippen molar-refractivity contribution < 1.29 is 14.6 Å². The van der Waals surface area contributed by atoms with E-state index >= 15 is 0 Å². The molecule has 0 aromatic heterocycles. The van der Waals surface area contributed by atoms with E-state index in [4.69, 9.17) is 4.74 Å². The molecule has 0 aromatic carbocycles. The van der Waals surface area contributed by atoms with Crippen molar-refractivity contribution in [3.8, 4) is 0 Å². The molecule has 1 rings (SSSR count). The molecule has 1 saturated heterocycles. The molecule has 17 heavy (non-hydrogen) atoms. The minimum atomic E-state index is -0.464. The van der Waals surface area contributed by atoms with Gasteiger partial charge in [-0.15, -0.1) is 0 Å². The van der Waals surface area contributed by atoms with Crippen molar-refractivity contribution >= 4 is 6.09 Å². The summed E-state index contributed by atoms with van der Waals surface area (Å²) in [6.45, 7) is 10.2. The number of piperidine rings is 1. The van der Waals surface area contributed by atoms with Crippen LogP contribution in [0.2, 0.25) is 0 Å². The van der Waals surface area contributed by atoms with Crippen LogP contribution in [-0.4, -0.2) is 40.4 Å². The maximum absolute atomic E-state index is 12.0. The summed E-state index contributed by atoms with van der Waals surface area (Å²) in [6.07, 6.45) is 0.953. The SMILES string of the molecule is CC[C@@H]1CN(C(=O)OC(C)(C)C)[C@H](C)C[C@H]1O. The van der Waals surface area contributed by atoms with Gasteiger partial charge in [0.2, 0.25) is 0 Å². The lowest BCUT2D eigenvalue weighted by molar-refractivity contribution is -0.0271. The van der Waals surface area contributed by atoms with Gasteiger partial charge in [-0.3, -0.25) is 0 Å². The summed E-state index contributed by atoms with van der Waals surface area (Å²) in [7, 11) is 0. The number of carbonyl (C=O) groups is 1. The third-order valence-electron chi connectivity index (χ3n) is 3.24. The van der Waals surface area contributed by atoms with Crippen LogP contribution in [0.5, 0.6) is 0 Å². The Bertz CT molecular complexity index is 272. The van der Waals surface area contributed by atoms with Gasteiger partial charge in [0.15, 0.2) is 0 Å². The molecule has 0 saturated carbocycles. The van der Waals surface area contributed by atoms with E-state index in [-0.39, 0.29) is 24.2 Å². The summed E-state index contributed by atoms with van der Waals surface area (Å²) in [6, 6.07) is 0.0441. The average Bonchev–Trinajstić information content (AvgIpc) is 2.14. The predicted molar refractivity (Wildman–Crippen MR) is 66.8 cm³/mol. The first-order valence-electron chi connectivity index (χ1n) is 6.42. The molecular formula is C13H25NO3. The van der Waals surface area contributed by atoms with Crippen LogP contribution in [0.4, 0.5) is 4.79 Å². The molecule has 1 amide bonds. The highest BCUT2D eigenvalue weighted by molar-refractivity contribution is 5.68. The highest BCUT2D eigenvalue weighted by Crippen LogP contribution is 2.26. The lowest BCUT2D eigenvalue weighted by Gasteiger charge is -2.41. The fraction of sp³-hybridized carbons (Fsp3) is 0.923. The van der Waals surface area contributed by atoms with Gasteiger partial charge in [0.05, 0.1) is 6.10 Å². The molecule has 1 fully saturated rings. The third-order valence-corrected chi connectivity index (χ3v) is 3.24. The highest BCUT2D eigenvalue weighted by Gasteiger charge is 2.35. The Labute approximate surface area is 104 Å². The summed E-state index contributed by atoms with van der Waals surface area (Å²) in [5, 5.41) is 9.89. The van der Waals surface area contributed by atoms with Crippen molar-refractivity contribution in [1.29, 1.82) is 0 Å². The highest BCUT2D eigenvalue weighted by atomic mass is 16.6. The normalized spacial score (nSPS) is 30.2. The van der Waals surface area contributed by atoms with Crippen molar-refractivity contribution in [2.45, 2.75) is 65.2 Å². The Kier molecular flexibility index (Phi) is 4.42. The van der Waals surface area contributed by atoms with Gasteiger partial charge in [0, 0.05) is 18.5 Å². The van der Waals surface area contributed by atoms with Gasteiger partial charge in [0.25, 0.3) is 0 Å². The van der Waals surface area contributed by atoms with Gasteiger partial charge in [-0.1, -0.05) is 6.92 Å². The maximum Gasteiger partial charge on any atom is 0.410 e. The van der Waals surface area contributed by atoms with E-state index in [1.54, 1.807) is 4.90 Å². The number of hydrogen-bond acceptors (Lipinski definition) is 3. The first-order chi connectivity index (χ1) is 7.74. The minimum absolute atomic E-state index is 0.0441. The van der Waals surface area contributed by atoms with Crippen molar-refractivity contribution in [2.75, 3.05) is 6.54 Å². The number of amides is 1. The maximum atomic E-state index is 12.0. The first-order valence-corrected chi connectivity index (χ1v) is 6.42. The first kappa shape index (κ1) is 14.3. The standard InChI is InChI=1S/C13H25NO3/c1-6-10-8-14(9(2)7-11(10)15)12(16)17-13(3,4)5/h9-11,15H,6-8H2,1-5H3/t9-,10-,11-/m1/s1. The minimum Gasteiger partial charge on any atom is -0.444 e. The molecule has 0 bridgehead atoms. The Balaban J connectivity index is 2.66. The van der Waals surface area contributed by atoms with Crippen LogP contribution in [0.15, 0.2) is 0 Å². The number of likely N-dealkylation sites (tertiary alicyclic amines) is 1. The number of carbonyl (C=O) groups excluding carboxylic acids is 1. The van der Waals surface area contributed by atoms with Crippen molar-refractivity contribution in [1.82, 2.24) is 4.90 Å². The number of nitrogens with zero attached hydrogens (tertiary/aromatic N) is 1. The van der Waals surface area contributed by atoms with Crippen LogP contribution in [0.1, 0.15) is 47.5 Å². The van der Waals surface area contributed by atoms with E-state index in [0.29, 0.717) is 13.0 Å². The molecule has 0 aromatic rings. The van der Waals surface area contributed by atoms with E-state index < -0.39 is 5.60 Å². The molecule has 1 heterocycles. The van der Waals surface area contributed by atoms with Crippen LogP contribution >= 0.6 is 0 Å². The zero-order chi connectivity index (χ0) is 13.2. The van der Waals surface area contributed by atoms with Gasteiger partial charge in [-0.25, -0.2) is 4.79 Å². The monoisotopic (exact) mass is 243 g/mol. The molecule has 100 valence electrons. The third kappa shape index (κ3) is 3.87. The quantitative estimate of drug-likeness (QED) is 0.769. The summed E-state index contributed by atoms with van der Waals surface area (Å²) in [4.78, 5) is 13.8. The van der Waals surface area contributed by atoms with Crippen molar-refractivity contribution in [3.63, 3.8) is 0 Å². The van der Waals surface area contributed by atoms with Gasteiger partial charge < -0.3 is 14.7 Å². The number of rotatable bonds is 1. The van der Waals surface area contributed by atoms with E-state index in [1.165, 1.54) is 0 Å². The van der Waals surface area contributed by atoms with E-state index in [1.807, 2.05) is 34.6 Å². The van der Waals surface area contributed by atoms with Gasteiger partial charge in [-0.05, 0) is 40.5 Å². The van der Waals surface area contributed by atoms with Gasteiger partial charge in [-0.2, -0.15) is 0 Å². The van der Waals surface area contributed by atoms with Crippen molar-refractivity contribution in [3.05, 3.63) is 0 Å². The number of aliphatic hydroxyl groups excluding tert-OH is 1. The summed E-state index contributed by atoms with van der Waals surface area (Å²) in [5.74, 6) is 0.165. The van der Waals surface area contributed by atoms with E-state index in [2.05, 4.69) is 0 Å². The second kappa shape index (κ2) is 5.25. The molecule has 1 aliphatic heterocycles. The number of hydrogen-bond donors (Lipinski definition) is 1. The summed E-state index contributed by atoms with van der Waals surface area (Å²) >= 11 is 0. The van der Waals surface area contributed by atoms with Crippen LogP contribution in [0.25, 0.3) is 0 Å². The lowest BCUT2D eigenvalue weighted by atomic mass is 9.89. The Morgan fingerprint density at radius 2 is 2.06 bits per heavy atom. The second-order valence-electron chi connectivity index (χ2n) is 5.95. The van der Waals surface area contributed by atoms with Crippen molar-refractivity contribution in [2.24, 2.45) is 5.92 Å². The van der Waals surface area contributed by atoms with Crippen LogP contribution in [0.3, 0.4) is 0 Å². The smallest absolute Gasteiger partial charge is 0.410 e. The fourth-order valence-corrected chi connectivity index (χ4v) is 2.20. The zero-order valence-electron chi connectivity index (χ0n) is 11.6. The van der Waals surface area contributed by atoms with Crippen LogP contribution in [0, 0.1) is 5.92 Å². The molecular weight excluding hydrogens is 218 g/mol. The topological polar surface area (TPSA) is 49.8 Å².